The SMILES string of the molecule is O[S-].O[S-].[Mo+2]. The molecule has 0 amide bonds. The summed E-state index contributed by atoms with van der Waals surface area (Å²) in [6.45, 7) is 0. The summed E-state index contributed by atoms with van der Waals surface area (Å²) >= 11 is 6.17. The predicted octanol–water partition coefficient (Wildman–Crippen LogP) is 0.0101. The van der Waals surface area contributed by atoms with Crippen molar-refractivity contribution in [2.75, 3.05) is 0 Å². The molecule has 5 heteroatoms. The Morgan fingerprint density at radius 3 is 0.800 bits per heavy atom. The van der Waals surface area contributed by atoms with Crippen LogP contribution in [0.15, 0.2) is 0 Å². The molecule has 0 unspecified atom stereocenters. The van der Waals surface area contributed by atoms with Crippen LogP contribution in [0.5, 0.6) is 0 Å². The molecule has 32 valence electrons. The molecule has 0 rings (SSSR count). The minimum Gasteiger partial charge on any atom is -0.628 e. The number of hydrogen-bond donors (Lipinski definition) is 2. The molecule has 0 aliphatic heterocycles. The minimum atomic E-state index is 0. The molecule has 0 spiro atoms. The Kier molecular flexibility index (Phi) is 187. The normalized spacial score (nSPS) is 2.40. The molecule has 5 heavy (non-hydrogen) atoms. The summed E-state index contributed by atoms with van der Waals surface area (Å²) in [7, 11) is 0. The van der Waals surface area contributed by atoms with Gasteiger partial charge in [0, 0.05) is 0 Å². The first-order valence-electron chi connectivity index (χ1n) is 0.365. The maximum Gasteiger partial charge on any atom is 2.00 e. The molecule has 0 aliphatic rings. The van der Waals surface area contributed by atoms with E-state index in [1.54, 1.807) is 0 Å². The zero-order chi connectivity index (χ0) is 4.00. The van der Waals surface area contributed by atoms with Gasteiger partial charge in [0.1, 0.15) is 0 Å². The maximum atomic E-state index is 6.58. The molecule has 0 atom stereocenters. The van der Waals surface area contributed by atoms with Crippen LogP contribution in [-0.4, -0.2) is 9.11 Å². The average molecular weight is 194 g/mol. The van der Waals surface area contributed by atoms with Crippen LogP contribution < -0.4 is 0 Å². The van der Waals surface area contributed by atoms with E-state index < -0.39 is 0 Å². The molecule has 0 aromatic heterocycles. The summed E-state index contributed by atoms with van der Waals surface area (Å²) < 4.78 is 13.2. The van der Waals surface area contributed by atoms with Gasteiger partial charge in [-0.05, 0) is 0 Å². The number of hydrogen-bond acceptors (Lipinski definition) is 4. The molecule has 2 nitrogen and oxygen atoms in total. The van der Waals surface area contributed by atoms with Crippen molar-refractivity contribution in [1.29, 1.82) is 0 Å². The van der Waals surface area contributed by atoms with E-state index >= 15 is 0 Å². The zero-order valence-electron chi connectivity index (χ0n) is 2.12. The fraction of sp³-hybridized carbons (Fsp3) is 0. The second kappa shape index (κ2) is 57.6. The van der Waals surface area contributed by atoms with Gasteiger partial charge in [0.25, 0.3) is 0 Å². The van der Waals surface area contributed by atoms with E-state index in [1.165, 1.54) is 0 Å². The van der Waals surface area contributed by atoms with Crippen molar-refractivity contribution in [2.24, 2.45) is 0 Å². The van der Waals surface area contributed by atoms with E-state index in [9.17, 15) is 0 Å². The van der Waals surface area contributed by atoms with E-state index in [4.69, 9.17) is 9.11 Å². The van der Waals surface area contributed by atoms with Gasteiger partial charge in [0.15, 0.2) is 0 Å². The summed E-state index contributed by atoms with van der Waals surface area (Å²) in [6, 6.07) is 0. The van der Waals surface area contributed by atoms with Gasteiger partial charge in [-0.1, -0.05) is 0 Å². The van der Waals surface area contributed by atoms with Crippen molar-refractivity contribution in [3.8, 4) is 0 Å². The Morgan fingerprint density at radius 2 is 0.800 bits per heavy atom. The Hall–Kier alpha value is 1.31. The summed E-state index contributed by atoms with van der Waals surface area (Å²) in [5.41, 5.74) is 0. The molecular weight excluding hydrogens is 192 g/mol. The Bertz CT molecular complexity index is 7.61. The Labute approximate surface area is 56.1 Å². The molecule has 0 fully saturated rings. The van der Waals surface area contributed by atoms with Gasteiger partial charge in [-0.2, -0.15) is 0 Å². The fourth-order valence-corrected chi connectivity index (χ4v) is 0. The van der Waals surface area contributed by atoms with Gasteiger partial charge in [-0.3, -0.25) is 0 Å². The fourth-order valence-electron chi connectivity index (χ4n) is 0. The third-order valence-corrected chi connectivity index (χ3v) is 0. The van der Waals surface area contributed by atoms with Crippen molar-refractivity contribution in [3.05, 3.63) is 0 Å². The molecule has 0 heterocycles. The van der Waals surface area contributed by atoms with E-state index in [1.807, 2.05) is 0 Å². The largest absolute Gasteiger partial charge is 2.00 e. The van der Waals surface area contributed by atoms with Gasteiger partial charge in [-0.15, -0.1) is 0 Å². The maximum absolute atomic E-state index is 6.58. The molecule has 0 aliphatic carbocycles. The third kappa shape index (κ3) is 33.9. The minimum absolute atomic E-state index is 0. The van der Waals surface area contributed by atoms with Crippen LogP contribution in [0.3, 0.4) is 0 Å². The van der Waals surface area contributed by atoms with Crippen LogP contribution in [0.25, 0.3) is 0 Å². The molecule has 0 saturated heterocycles. The van der Waals surface area contributed by atoms with Crippen molar-refractivity contribution < 1.29 is 30.2 Å². The predicted molar refractivity (Wildman–Crippen MR) is 20.0 cm³/mol. The van der Waals surface area contributed by atoms with E-state index in [-0.39, 0.29) is 21.1 Å². The van der Waals surface area contributed by atoms with Crippen LogP contribution >= 0.6 is 0 Å². The summed E-state index contributed by atoms with van der Waals surface area (Å²) in [5, 5.41) is 0. The molecule has 2 N–H and O–H groups in total. The van der Waals surface area contributed by atoms with E-state index in [0.717, 1.165) is 0 Å². The van der Waals surface area contributed by atoms with Gasteiger partial charge in [0.05, 0.1) is 0 Å². The van der Waals surface area contributed by atoms with Crippen LogP contribution in [0.1, 0.15) is 0 Å². The molecule has 0 aromatic rings. The molecule has 0 saturated carbocycles. The molecule has 0 bridgehead atoms. The summed E-state index contributed by atoms with van der Waals surface area (Å²) in [5.74, 6) is 0. The van der Waals surface area contributed by atoms with Gasteiger partial charge >= 0.3 is 21.1 Å². The van der Waals surface area contributed by atoms with Gasteiger partial charge in [-0.25, -0.2) is 0 Å². The van der Waals surface area contributed by atoms with E-state index in [2.05, 4.69) is 25.8 Å². The van der Waals surface area contributed by atoms with Crippen molar-refractivity contribution in [2.45, 2.75) is 0 Å². The van der Waals surface area contributed by atoms with E-state index in [0.29, 0.717) is 0 Å². The molecule has 0 aromatic carbocycles. The first kappa shape index (κ1) is 16.2. The third-order valence-electron chi connectivity index (χ3n) is 0. The second-order valence-corrected chi connectivity index (χ2v) is 0. The van der Waals surface area contributed by atoms with Crippen LogP contribution in [0.2, 0.25) is 0 Å². The second-order valence-electron chi connectivity index (χ2n) is 0. The Morgan fingerprint density at radius 1 is 0.800 bits per heavy atom. The van der Waals surface area contributed by atoms with Crippen LogP contribution in [-0.2, 0) is 46.9 Å². The van der Waals surface area contributed by atoms with Crippen molar-refractivity contribution in [3.63, 3.8) is 0 Å². The van der Waals surface area contributed by atoms with Gasteiger partial charge in [0.2, 0.25) is 0 Å². The van der Waals surface area contributed by atoms with Crippen LogP contribution in [0, 0.1) is 0 Å². The standard InChI is InChI=1S/Mo.2H2OS/c;2*1-2/h;2*1-2H/q+2;;/p-2. The average Bonchev–Trinajstić information content (AvgIpc) is 1.50. The topological polar surface area (TPSA) is 40.5 Å². The van der Waals surface area contributed by atoms with Crippen molar-refractivity contribution in [1.82, 2.24) is 0 Å². The van der Waals surface area contributed by atoms with Crippen LogP contribution in [0.4, 0.5) is 0 Å². The monoisotopic (exact) mass is 196 g/mol. The molecular formula is H2MoO2S2. The first-order chi connectivity index (χ1) is 2.00. The first-order valence-corrected chi connectivity index (χ1v) is 1.10. The van der Waals surface area contributed by atoms with Gasteiger partial charge < -0.3 is 34.9 Å². The quantitative estimate of drug-likeness (QED) is 0.421. The summed E-state index contributed by atoms with van der Waals surface area (Å²) in [4.78, 5) is 0. The smallest absolute Gasteiger partial charge is 0.628 e. The summed E-state index contributed by atoms with van der Waals surface area (Å²) in [6.07, 6.45) is 0. The zero-order valence-corrected chi connectivity index (χ0v) is 5.76. The Balaban J connectivity index is -0.0000000133. The number of rotatable bonds is 0. The van der Waals surface area contributed by atoms with Crippen molar-refractivity contribution >= 4 is 25.8 Å². The molecule has 0 radical (unpaired) electrons.